The lowest BCUT2D eigenvalue weighted by Crippen LogP contribution is -2.44. The largest absolute Gasteiger partial charge is 0.492 e. The molecule has 4 nitrogen and oxygen atoms in total. The van der Waals surface area contributed by atoms with Gasteiger partial charge in [0.25, 0.3) is 0 Å². The van der Waals surface area contributed by atoms with Crippen molar-refractivity contribution < 1.29 is 14.6 Å². The number of fused-ring (bicyclic) bond motifs is 2. The van der Waals surface area contributed by atoms with Crippen molar-refractivity contribution in [1.82, 2.24) is 4.90 Å². The molecular weight excluding hydrogens is 314 g/mol. The van der Waals surface area contributed by atoms with Crippen molar-refractivity contribution in [2.75, 3.05) is 26.2 Å². The van der Waals surface area contributed by atoms with Gasteiger partial charge in [0.05, 0.1) is 13.0 Å². The topological polar surface area (TPSA) is 49.8 Å². The first kappa shape index (κ1) is 16.2. The van der Waals surface area contributed by atoms with Crippen LogP contribution in [-0.2, 0) is 10.2 Å². The minimum absolute atomic E-state index is 0.101. The molecule has 2 aliphatic rings. The van der Waals surface area contributed by atoms with Crippen LogP contribution in [0.25, 0.3) is 11.1 Å². The molecule has 1 fully saturated rings. The quantitative estimate of drug-likeness (QED) is 0.927. The molecule has 1 spiro atoms. The van der Waals surface area contributed by atoms with E-state index in [4.69, 9.17) is 9.84 Å². The highest BCUT2D eigenvalue weighted by Gasteiger charge is 2.43. The van der Waals surface area contributed by atoms with E-state index in [2.05, 4.69) is 47.4 Å². The molecule has 2 aromatic rings. The molecule has 4 heteroatoms. The molecule has 0 bridgehead atoms. The van der Waals surface area contributed by atoms with Gasteiger partial charge in [-0.2, -0.15) is 0 Å². The zero-order chi connectivity index (χ0) is 17.3. The molecule has 4 rings (SSSR count). The fraction of sp³-hybridized carbons (Fsp3) is 0.381. The maximum absolute atomic E-state index is 10.8. The molecule has 2 aliphatic heterocycles. The first-order chi connectivity index (χ1) is 12.2. The van der Waals surface area contributed by atoms with Crippen molar-refractivity contribution in [2.24, 2.45) is 0 Å². The summed E-state index contributed by atoms with van der Waals surface area (Å²) in [5.74, 6) is 0.295. The Balaban J connectivity index is 1.50. The van der Waals surface area contributed by atoms with Crippen molar-refractivity contribution in [3.8, 4) is 16.9 Å². The average Bonchev–Trinajstić information content (AvgIpc) is 3.00. The average molecular weight is 337 g/mol. The number of piperidine rings is 1. The van der Waals surface area contributed by atoms with E-state index in [-0.39, 0.29) is 11.8 Å². The summed E-state index contributed by atoms with van der Waals surface area (Å²) in [4.78, 5) is 13.0. The van der Waals surface area contributed by atoms with Crippen molar-refractivity contribution in [1.29, 1.82) is 0 Å². The number of carboxylic acid groups (broad SMARTS) is 1. The van der Waals surface area contributed by atoms with E-state index in [1.807, 2.05) is 6.07 Å². The number of carboxylic acids is 1. The molecule has 1 N–H and O–H groups in total. The van der Waals surface area contributed by atoms with E-state index < -0.39 is 5.97 Å². The fourth-order valence-electron chi connectivity index (χ4n) is 4.06. The zero-order valence-corrected chi connectivity index (χ0v) is 14.3. The van der Waals surface area contributed by atoms with Gasteiger partial charge in [0, 0.05) is 17.5 Å². The molecule has 2 aromatic carbocycles. The van der Waals surface area contributed by atoms with E-state index >= 15 is 0 Å². The van der Waals surface area contributed by atoms with Crippen molar-refractivity contribution in [3.05, 3.63) is 54.1 Å². The van der Waals surface area contributed by atoms with Gasteiger partial charge in [-0.25, -0.2) is 0 Å². The second kappa shape index (κ2) is 6.52. The standard InChI is InChI=1S/C21H23NO3/c23-20(24)8-11-22-12-9-21(10-13-22)15-25-19-14-17(6-7-18(19)21)16-4-2-1-3-5-16/h1-7,14H,8-13,15H2,(H,23,24). The maximum atomic E-state index is 10.8. The van der Waals surface area contributed by atoms with Crippen LogP contribution in [0, 0.1) is 0 Å². The Labute approximate surface area is 148 Å². The molecule has 0 atom stereocenters. The van der Waals surface area contributed by atoms with Gasteiger partial charge in [0.1, 0.15) is 5.75 Å². The van der Waals surface area contributed by atoms with Crippen molar-refractivity contribution >= 4 is 5.97 Å². The number of benzene rings is 2. The lowest BCUT2D eigenvalue weighted by molar-refractivity contribution is -0.137. The predicted molar refractivity (Wildman–Crippen MR) is 97.0 cm³/mol. The summed E-state index contributed by atoms with van der Waals surface area (Å²) in [5.41, 5.74) is 3.82. The Morgan fingerprint density at radius 3 is 2.56 bits per heavy atom. The van der Waals surface area contributed by atoms with Gasteiger partial charge < -0.3 is 14.7 Å². The smallest absolute Gasteiger partial charge is 0.304 e. The SMILES string of the molecule is O=C(O)CCN1CCC2(CC1)COc1cc(-c3ccccc3)ccc12. The van der Waals surface area contributed by atoms with Crippen LogP contribution < -0.4 is 4.74 Å². The minimum Gasteiger partial charge on any atom is -0.492 e. The molecule has 2 heterocycles. The summed E-state index contributed by atoms with van der Waals surface area (Å²) in [6.45, 7) is 3.27. The number of rotatable bonds is 4. The van der Waals surface area contributed by atoms with Crippen LogP contribution in [0.3, 0.4) is 0 Å². The summed E-state index contributed by atoms with van der Waals surface area (Å²) in [5, 5.41) is 8.85. The number of ether oxygens (including phenoxy) is 1. The zero-order valence-electron chi connectivity index (χ0n) is 14.3. The highest BCUT2D eigenvalue weighted by Crippen LogP contribution is 2.46. The molecular formula is C21H23NO3. The Morgan fingerprint density at radius 2 is 1.84 bits per heavy atom. The molecule has 0 saturated carbocycles. The summed E-state index contributed by atoms with van der Waals surface area (Å²) in [7, 11) is 0. The van der Waals surface area contributed by atoms with Crippen molar-refractivity contribution in [2.45, 2.75) is 24.7 Å². The lowest BCUT2D eigenvalue weighted by Gasteiger charge is -2.38. The number of hydrogen-bond donors (Lipinski definition) is 1. The molecule has 0 aliphatic carbocycles. The maximum Gasteiger partial charge on any atom is 0.304 e. The highest BCUT2D eigenvalue weighted by atomic mass is 16.5. The van der Waals surface area contributed by atoms with E-state index in [9.17, 15) is 4.79 Å². The van der Waals surface area contributed by atoms with Crippen LogP contribution in [0.4, 0.5) is 0 Å². The van der Waals surface area contributed by atoms with Gasteiger partial charge >= 0.3 is 5.97 Å². The van der Waals surface area contributed by atoms with Crippen LogP contribution in [0.5, 0.6) is 5.75 Å². The highest BCUT2D eigenvalue weighted by molar-refractivity contribution is 5.67. The Bertz CT molecular complexity index is 764. The number of likely N-dealkylation sites (tertiary alicyclic amines) is 1. The Hall–Kier alpha value is -2.33. The van der Waals surface area contributed by atoms with E-state index in [1.165, 1.54) is 16.7 Å². The van der Waals surface area contributed by atoms with E-state index in [0.717, 1.165) is 38.3 Å². The van der Waals surface area contributed by atoms with E-state index in [0.29, 0.717) is 6.54 Å². The fourth-order valence-corrected chi connectivity index (χ4v) is 4.06. The van der Waals surface area contributed by atoms with Crippen LogP contribution >= 0.6 is 0 Å². The first-order valence-corrected chi connectivity index (χ1v) is 8.93. The third-order valence-electron chi connectivity index (χ3n) is 5.62. The number of aliphatic carboxylic acids is 1. The molecule has 0 unspecified atom stereocenters. The summed E-state index contributed by atoms with van der Waals surface area (Å²) < 4.78 is 6.07. The lowest BCUT2D eigenvalue weighted by atomic mass is 9.74. The molecule has 0 aromatic heterocycles. The summed E-state index contributed by atoms with van der Waals surface area (Å²) >= 11 is 0. The van der Waals surface area contributed by atoms with Crippen molar-refractivity contribution in [3.63, 3.8) is 0 Å². The van der Waals surface area contributed by atoms with Gasteiger partial charge in [-0.3, -0.25) is 4.79 Å². The second-order valence-corrected chi connectivity index (χ2v) is 7.13. The van der Waals surface area contributed by atoms with Crippen LogP contribution in [0.15, 0.2) is 48.5 Å². The summed E-state index contributed by atoms with van der Waals surface area (Å²) in [6.07, 6.45) is 2.29. The van der Waals surface area contributed by atoms with Gasteiger partial charge in [-0.05, 0) is 43.1 Å². The van der Waals surface area contributed by atoms with Crippen LogP contribution in [0.1, 0.15) is 24.8 Å². The van der Waals surface area contributed by atoms with Gasteiger partial charge in [-0.1, -0.05) is 42.5 Å². The molecule has 25 heavy (non-hydrogen) atoms. The third-order valence-corrected chi connectivity index (χ3v) is 5.62. The Kier molecular flexibility index (Phi) is 4.22. The second-order valence-electron chi connectivity index (χ2n) is 7.13. The molecule has 1 saturated heterocycles. The summed E-state index contributed by atoms with van der Waals surface area (Å²) in [6, 6.07) is 17.0. The number of nitrogens with zero attached hydrogens (tertiary/aromatic N) is 1. The monoisotopic (exact) mass is 337 g/mol. The molecule has 0 radical (unpaired) electrons. The molecule has 0 amide bonds. The van der Waals surface area contributed by atoms with Gasteiger partial charge in [0.2, 0.25) is 0 Å². The van der Waals surface area contributed by atoms with Gasteiger partial charge in [-0.15, -0.1) is 0 Å². The van der Waals surface area contributed by atoms with E-state index in [1.54, 1.807) is 0 Å². The Morgan fingerprint density at radius 1 is 1.08 bits per heavy atom. The number of hydrogen-bond acceptors (Lipinski definition) is 3. The van der Waals surface area contributed by atoms with Crippen LogP contribution in [0.2, 0.25) is 0 Å². The third kappa shape index (κ3) is 3.14. The molecule has 130 valence electrons. The van der Waals surface area contributed by atoms with Gasteiger partial charge in [0.15, 0.2) is 0 Å². The predicted octanol–water partition coefficient (Wildman–Crippen LogP) is 3.55. The normalized spacial score (nSPS) is 18.7. The van der Waals surface area contributed by atoms with Crippen LogP contribution in [-0.4, -0.2) is 42.2 Å². The minimum atomic E-state index is -0.719. The number of carbonyl (C=O) groups is 1. The first-order valence-electron chi connectivity index (χ1n) is 8.93.